The highest BCUT2D eigenvalue weighted by molar-refractivity contribution is 7.99. The lowest BCUT2D eigenvalue weighted by atomic mass is 9.97. The lowest BCUT2D eigenvalue weighted by Gasteiger charge is -2.31. The third-order valence-electron chi connectivity index (χ3n) is 3.47. The monoisotopic (exact) mass is 304 g/mol. The largest absolute Gasteiger partial charge is 0.481 e. The number of piperidine rings is 1. The summed E-state index contributed by atoms with van der Waals surface area (Å²) in [6, 6.07) is 9.19. The van der Waals surface area contributed by atoms with Gasteiger partial charge in [0.2, 0.25) is 0 Å². The van der Waals surface area contributed by atoms with Gasteiger partial charge in [0.1, 0.15) is 0 Å². The van der Waals surface area contributed by atoms with E-state index in [9.17, 15) is 9.59 Å². The van der Waals surface area contributed by atoms with Crippen molar-refractivity contribution in [3.05, 3.63) is 29.8 Å². The second-order valence-corrected chi connectivity index (χ2v) is 5.89. The van der Waals surface area contributed by atoms with E-state index in [0.717, 1.165) is 4.90 Å². The van der Waals surface area contributed by atoms with Gasteiger partial charge in [0.25, 0.3) is 5.91 Å². The van der Waals surface area contributed by atoms with Crippen molar-refractivity contribution in [1.82, 2.24) is 4.90 Å². The van der Waals surface area contributed by atoms with Crippen LogP contribution in [0.25, 0.3) is 0 Å². The molecule has 1 saturated heterocycles. The molecule has 1 unspecified atom stereocenters. The lowest BCUT2D eigenvalue weighted by Crippen LogP contribution is -2.42. The van der Waals surface area contributed by atoms with E-state index in [4.69, 9.17) is 10.4 Å². The molecule has 1 aromatic rings. The fourth-order valence-corrected chi connectivity index (χ4v) is 3.12. The number of hydrogen-bond acceptors (Lipinski definition) is 4. The first kappa shape index (κ1) is 15.4. The number of likely N-dealkylation sites (tertiary alicyclic amines) is 1. The molecule has 1 aliphatic rings. The smallest absolute Gasteiger partial charge is 0.308 e. The highest BCUT2D eigenvalue weighted by atomic mass is 32.2. The van der Waals surface area contributed by atoms with Gasteiger partial charge in [-0.3, -0.25) is 9.59 Å². The molecule has 1 amide bonds. The quantitative estimate of drug-likeness (QED) is 0.863. The molecule has 0 radical (unpaired) electrons. The summed E-state index contributed by atoms with van der Waals surface area (Å²) in [6.45, 7) is 0.839. The SMILES string of the molecule is N#CCSc1ccccc1C(=O)N1CCCC(C(=O)O)C1. The minimum absolute atomic E-state index is 0.151. The molecule has 21 heavy (non-hydrogen) atoms. The van der Waals surface area contributed by atoms with E-state index in [0.29, 0.717) is 24.9 Å². The molecule has 6 heteroatoms. The van der Waals surface area contributed by atoms with Crippen LogP contribution in [0.1, 0.15) is 23.2 Å². The van der Waals surface area contributed by atoms with Gasteiger partial charge in [-0.2, -0.15) is 5.26 Å². The van der Waals surface area contributed by atoms with Gasteiger partial charge in [-0.1, -0.05) is 12.1 Å². The Balaban J connectivity index is 2.16. The zero-order chi connectivity index (χ0) is 15.2. The Morgan fingerprint density at radius 1 is 1.43 bits per heavy atom. The van der Waals surface area contributed by atoms with E-state index in [1.807, 2.05) is 18.2 Å². The number of carbonyl (C=O) groups excluding carboxylic acids is 1. The van der Waals surface area contributed by atoms with Crippen molar-refractivity contribution >= 4 is 23.6 Å². The van der Waals surface area contributed by atoms with E-state index < -0.39 is 11.9 Å². The average Bonchev–Trinajstić information content (AvgIpc) is 2.52. The number of carboxylic acid groups (broad SMARTS) is 1. The summed E-state index contributed by atoms with van der Waals surface area (Å²) in [7, 11) is 0. The first-order valence-electron chi connectivity index (χ1n) is 6.74. The van der Waals surface area contributed by atoms with Crippen molar-refractivity contribution in [3.8, 4) is 6.07 Å². The minimum Gasteiger partial charge on any atom is -0.481 e. The van der Waals surface area contributed by atoms with Gasteiger partial charge < -0.3 is 10.0 Å². The average molecular weight is 304 g/mol. The van der Waals surface area contributed by atoms with E-state index >= 15 is 0 Å². The second kappa shape index (κ2) is 7.14. The van der Waals surface area contributed by atoms with Crippen LogP contribution in [0.4, 0.5) is 0 Å². The van der Waals surface area contributed by atoms with E-state index in [1.54, 1.807) is 17.0 Å². The van der Waals surface area contributed by atoms with Gasteiger partial charge in [0.15, 0.2) is 0 Å². The van der Waals surface area contributed by atoms with Gasteiger partial charge in [0.05, 0.1) is 23.3 Å². The molecular formula is C15H16N2O3S. The summed E-state index contributed by atoms with van der Waals surface area (Å²) >= 11 is 1.32. The summed E-state index contributed by atoms with van der Waals surface area (Å²) in [4.78, 5) is 26.0. The van der Waals surface area contributed by atoms with Gasteiger partial charge in [-0.25, -0.2) is 0 Å². The molecule has 1 N–H and O–H groups in total. The van der Waals surface area contributed by atoms with Crippen LogP contribution in [0.15, 0.2) is 29.2 Å². The molecule has 1 atom stereocenters. The van der Waals surface area contributed by atoms with Crippen molar-refractivity contribution in [2.45, 2.75) is 17.7 Å². The summed E-state index contributed by atoms with van der Waals surface area (Å²) in [5.74, 6) is -1.20. The Hall–Kier alpha value is -2.00. The summed E-state index contributed by atoms with van der Waals surface area (Å²) in [6.07, 6.45) is 1.32. The van der Waals surface area contributed by atoms with Crippen LogP contribution < -0.4 is 0 Å². The maximum atomic E-state index is 12.6. The van der Waals surface area contributed by atoms with Crippen LogP contribution in [-0.2, 0) is 4.79 Å². The molecule has 2 rings (SSSR count). The number of rotatable bonds is 4. The molecule has 0 aromatic heterocycles. The van der Waals surface area contributed by atoms with E-state index in [1.165, 1.54) is 11.8 Å². The van der Waals surface area contributed by atoms with Crippen molar-refractivity contribution in [2.24, 2.45) is 5.92 Å². The maximum absolute atomic E-state index is 12.6. The highest BCUT2D eigenvalue weighted by Crippen LogP contribution is 2.25. The molecule has 1 heterocycles. The lowest BCUT2D eigenvalue weighted by molar-refractivity contribution is -0.143. The summed E-state index contributed by atoms with van der Waals surface area (Å²) < 4.78 is 0. The molecule has 0 bridgehead atoms. The van der Waals surface area contributed by atoms with Gasteiger partial charge in [0, 0.05) is 18.0 Å². The van der Waals surface area contributed by atoms with Crippen LogP contribution >= 0.6 is 11.8 Å². The first-order chi connectivity index (χ1) is 10.1. The number of nitrogens with zero attached hydrogens (tertiary/aromatic N) is 2. The van der Waals surface area contributed by atoms with Crippen LogP contribution in [0.3, 0.4) is 0 Å². The molecule has 110 valence electrons. The van der Waals surface area contributed by atoms with Crippen molar-refractivity contribution in [3.63, 3.8) is 0 Å². The minimum atomic E-state index is -0.848. The summed E-state index contributed by atoms with van der Waals surface area (Å²) in [5.41, 5.74) is 0.545. The number of carboxylic acids is 1. The molecule has 5 nitrogen and oxygen atoms in total. The fourth-order valence-electron chi connectivity index (χ4n) is 2.41. The number of benzene rings is 1. The van der Waals surface area contributed by atoms with Gasteiger partial charge in [-0.05, 0) is 25.0 Å². The van der Waals surface area contributed by atoms with Gasteiger partial charge in [-0.15, -0.1) is 11.8 Å². The van der Waals surface area contributed by atoms with Crippen molar-refractivity contribution in [1.29, 1.82) is 5.26 Å². The molecule has 1 aliphatic heterocycles. The Morgan fingerprint density at radius 3 is 2.90 bits per heavy atom. The number of thioether (sulfide) groups is 1. The Kier molecular flexibility index (Phi) is 5.23. The third kappa shape index (κ3) is 3.76. The topological polar surface area (TPSA) is 81.4 Å². The fraction of sp³-hybridized carbons (Fsp3) is 0.400. The second-order valence-electron chi connectivity index (χ2n) is 4.87. The summed E-state index contributed by atoms with van der Waals surface area (Å²) in [5, 5.41) is 17.8. The number of amides is 1. The predicted octanol–water partition coefficient (Wildman–Crippen LogP) is 2.24. The third-order valence-corrected chi connectivity index (χ3v) is 4.41. The Labute approximate surface area is 127 Å². The molecule has 0 saturated carbocycles. The van der Waals surface area contributed by atoms with Gasteiger partial charge >= 0.3 is 5.97 Å². The number of carbonyl (C=O) groups is 2. The first-order valence-corrected chi connectivity index (χ1v) is 7.73. The van der Waals surface area contributed by atoms with E-state index in [2.05, 4.69) is 0 Å². The van der Waals surface area contributed by atoms with Crippen molar-refractivity contribution in [2.75, 3.05) is 18.8 Å². The molecule has 0 aliphatic carbocycles. The maximum Gasteiger partial charge on any atom is 0.308 e. The Bertz CT molecular complexity index is 583. The Morgan fingerprint density at radius 2 is 2.19 bits per heavy atom. The van der Waals surface area contributed by atoms with Crippen LogP contribution in [0, 0.1) is 17.2 Å². The molecule has 0 spiro atoms. The molecule has 1 aromatic carbocycles. The number of aliphatic carboxylic acids is 1. The standard InChI is InChI=1S/C15H16N2O3S/c16-7-9-21-13-6-2-1-5-12(13)14(18)17-8-3-4-11(10-17)15(19)20/h1-2,5-6,11H,3-4,8-10H2,(H,19,20). The van der Waals surface area contributed by atoms with Crippen molar-refractivity contribution < 1.29 is 14.7 Å². The number of nitriles is 1. The molecular weight excluding hydrogens is 288 g/mol. The normalized spacial score (nSPS) is 18.0. The zero-order valence-electron chi connectivity index (χ0n) is 11.5. The van der Waals surface area contributed by atoms with Crippen LogP contribution in [0.5, 0.6) is 0 Å². The van der Waals surface area contributed by atoms with E-state index in [-0.39, 0.29) is 18.2 Å². The molecule has 1 fully saturated rings. The number of hydrogen-bond donors (Lipinski definition) is 1. The van der Waals surface area contributed by atoms with Crippen LogP contribution in [0.2, 0.25) is 0 Å². The highest BCUT2D eigenvalue weighted by Gasteiger charge is 2.29. The zero-order valence-corrected chi connectivity index (χ0v) is 12.3. The predicted molar refractivity (Wildman–Crippen MR) is 79.0 cm³/mol. The van der Waals surface area contributed by atoms with Crippen LogP contribution in [-0.4, -0.2) is 40.7 Å².